The van der Waals surface area contributed by atoms with Crippen molar-refractivity contribution in [2.24, 2.45) is 0 Å². The molecule has 0 aromatic heterocycles. The van der Waals surface area contributed by atoms with E-state index in [1.807, 2.05) is 30.3 Å². The zero-order valence-electron chi connectivity index (χ0n) is 18.9. The summed E-state index contributed by atoms with van der Waals surface area (Å²) >= 11 is 5.97. The van der Waals surface area contributed by atoms with E-state index < -0.39 is 0 Å². The molecule has 0 aliphatic heterocycles. The largest absolute Gasteiger partial charge is 0.497 e. The third-order valence-corrected chi connectivity index (χ3v) is 4.99. The van der Waals surface area contributed by atoms with Crippen LogP contribution in [0.2, 0.25) is 5.02 Å². The molecule has 2 amide bonds. The second kappa shape index (κ2) is 14.0. The minimum Gasteiger partial charge on any atom is -0.497 e. The number of nitrogens with one attached hydrogen (secondary N) is 1. The molecule has 0 unspecified atom stereocenters. The van der Waals surface area contributed by atoms with E-state index in [-0.39, 0.29) is 18.4 Å². The predicted octanol–water partition coefficient (Wildman–Crippen LogP) is 4.04. The highest BCUT2D eigenvalue weighted by molar-refractivity contribution is 6.30. The van der Waals surface area contributed by atoms with Crippen LogP contribution in [-0.4, -0.2) is 49.8 Å². The topological polar surface area (TPSA) is 84.9 Å². The van der Waals surface area contributed by atoms with Crippen LogP contribution in [0, 0.1) is 0 Å². The molecular formula is C25H29ClN2O5. The van der Waals surface area contributed by atoms with Crippen LogP contribution >= 0.6 is 11.6 Å². The first-order valence-corrected chi connectivity index (χ1v) is 11.0. The standard InChI is InChI=1S/C25H29ClN2O5/c1-19(30)27-13-5-6-25(31)28(17-20-7-11-23(32-2)12-8-20)14-3-4-15-33-24-16-22(26)10-9-21(24)18-29/h3-4,7-12,16,18H,5-6,13-15,17H2,1-2H3,(H,27,30)/b4-3+. The van der Waals surface area contributed by atoms with Crippen molar-refractivity contribution in [2.45, 2.75) is 26.3 Å². The van der Waals surface area contributed by atoms with Gasteiger partial charge in [-0.05, 0) is 48.4 Å². The molecule has 7 nitrogen and oxygen atoms in total. The minimum absolute atomic E-state index is 0.0141. The smallest absolute Gasteiger partial charge is 0.223 e. The van der Waals surface area contributed by atoms with Gasteiger partial charge in [0.15, 0.2) is 6.29 Å². The maximum atomic E-state index is 12.8. The van der Waals surface area contributed by atoms with Crippen LogP contribution < -0.4 is 14.8 Å². The number of aldehydes is 1. The van der Waals surface area contributed by atoms with E-state index >= 15 is 0 Å². The number of halogens is 1. The average Bonchev–Trinajstić information content (AvgIpc) is 2.81. The van der Waals surface area contributed by atoms with Crippen molar-refractivity contribution in [1.82, 2.24) is 10.2 Å². The number of amides is 2. The van der Waals surface area contributed by atoms with Gasteiger partial charge in [-0.25, -0.2) is 0 Å². The number of nitrogens with zero attached hydrogens (tertiary/aromatic N) is 1. The Morgan fingerprint density at radius 2 is 1.88 bits per heavy atom. The molecule has 0 bridgehead atoms. The Hall–Kier alpha value is -3.32. The molecule has 176 valence electrons. The molecule has 2 rings (SSSR count). The Morgan fingerprint density at radius 3 is 2.55 bits per heavy atom. The third-order valence-electron chi connectivity index (χ3n) is 4.76. The quantitative estimate of drug-likeness (QED) is 0.270. The molecule has 2 aromatic rings. The fraction of sp³-hybridized carbons (Fsp3) is 0.320. The van der Waals surface area contributed by atoms with Gasteiger partial charge >= 0.3 is 0 Å². The molecular weight excluding hydrogens is 444 g/mol. The summed E-state index contributed by atoms with van der Waals surface area (Å²) in [5.41, 5.74) is 1.40. The van der Waals surface area contributed by atoms with E-state index in [0.717, 1.165) is 11.3 Å². The number of rotatable bonds is 13. The molecule has 0 saturated carbocycles. The van der Waals surface area contributed by atoms with Gasteiger partial charge in [0.05, 0.1) is 12.7 Å². The minimum atomic E-state index is -0.113. The van der Waals surface area contributed by atoms with Gasteiger partial charge in [0.25, 0.3) is 0 Å². The van der Waals surface area contributed by atoms with E-state index in [2.05, 4.69) is 5.32 Å². The summed E-state index contributed by atoms with van der Waals surface area (Å²) in [5, 5.41) is 3.18. The van der Waals surface area contributed by atoms with Gasteiger partial charge < -0.3 is 19.7 Å². The highest BCUT2D eigenvalue weighted by atomic mass is 35.5. The van der Waals surface area contributed by atoms with E-state index in [0.29, 0.717) is 55.1 Å². The second-order valence-corrected chi connectivity index (χ2v) is 7.73. The normalized spacial score (nSPS) is 10.6. The Labute approximate surface area is 199 Å². The van der Waals surface area contributed by atoms with Gasteiger partial charge in [0.2, 0.25) is 11.8 Å². The highest BCUT2D eigenvalue weighted by Crippen LogP contribution is 2.22. The van der Waals surface area contributed by atoms with Crippen molar-refractivity contribution in [3.63, 3.8) is 0 Å². The Morgan fingerprint density at radius 1 is 1.12 bits per heavy atom. The lowest BCUT2D eigenvalue weighted by Crippen LogP contribution is -2.31. The Kier molecular flexibility index (Phi) is 11.0. The lowest BCUT2D eigenvalue weighted by molar-refractivity contribution is -0.131. The summed E-state index contributed by atoms with van der Waals surface area (Å²) in [5.74, 6) is 1.03. The van der Waals surface area contributed by atoms with Crippen molar-refractivity contribution >= 4 is 29.7 Å². The lowest BCUT2D eigenvalue weighted by Gasteiger charge is -2.22. The zero-order valence-corrected chi connectivity index (χ0v) is 19.6. The van der Waals surface area contributed by atoms with E-state index in [1.54, 1.807) is 36.3 Å². The van der Waals surface area contributed by atoms with E-state index in [4.69, 9.17) is 21.1 Å². The van der Waals surface area contributed by atoms with Crippen LogP contribution in [0.3, 0.4) is 0 Å². The lowest BCUT2D eigenvalue weighted by atomic mass is 10.2. The molecule has 0 aliphatic carbocycles. The maximum Gasteiger partial charge on any atom is 0.223 e. The molecule has 0 atom stereocenters. The van der Waals surface area contributed by atoms with E-state index in [1.165, 1.54) is 6.92 Å². The van der Waals surface area contributed by atoms with Crippen molar-refractivity contribution < 1.29 is 23.9 Å². The summed E-state index contributed by atoms with van der Waals surface area (Å²) < 4.78 is 10.8. The monoisotopic (exact) mass is 472 g/mol. The van der Waals surface area contributed by atoms with Crippen LogP contribution in [0.4, 0.5) is 0 Å². The number of benzene rings is 2. The Balaban J connectivity index is 1.96. The first kappa shape index (κ1) is 25.9. The number of hydrogen-bond acceptors (Lipinski definition) is 5. The summed E-state index contributed by atoms with van der Waals surface area (Å²) in [4.78, 5) is 36.7. The van der Waals surface area contributed by atoms with E-state index in [9.17, 15) is 14.4 Å². The fourth-order valence-electron chi connectivity index (χ4n) is 3.01. The van der Waals surface area contributed by atoms with Crippen molar-refractivity contribution in [2.75, 3.05) is 26.8 Å². The van der Waals surface area contributed by atoms with Gasteiger partial charge in [-0.3, -0.25) is 14.4 Å². The predicted molar refractivity (Wildman–Crippen MR) is 128 cm³/mol. The van der Waals surface area contributed by atoms with Crippen molar-refractivity contribution in [3.8, 4) is 11.5 Å². The molecule has 8 heteroatoms. The molecule has 0 saturated heterocycles. The average molecular weight is 473 g/mol. The third kappa shape index (κ3) is 9.37. The molecule has 2 aromatic carbocycles. The van der Waals surface area contributed by atoms with Gasteiger partial charge in [-0.1, -0.05) is 29.8 Å². The molecule has 33 heavy (non-hydrogen) atoms. The zero-order chi connectivity index (χ0) is 24.1. The SMILES string of the molecule is COc1ccc(CN(C/C=C/COc2cc(Cl)ccc2C=O)C(=O)CCCNC(C)=O)cc1. The second-order valence-electron chi connectivity index (χ2n) is 7.29. The van der Waals surface area contributed by atoms with Crippen molar-refractivity contribution in [1.29, 1.82) is 0 Å². The summed E-state index contributed by atoms with van der Waals surface area (Å²) in [6.07, 6.45) is 5.24. The van der Waals surface area contributed by atoms with Crippen LogP contribution in [0.5, 0.6) is 11.5 Å². The Bertz CT molecular complexity index is 960. The summed E-state index contributed by atoms with van der Waals surface area (Å²) in [7, 11) is 1.61. The van der Waals surface area contributed by atoms with Gasteiger partial charge in [0.1, 0.15) is 18.1 Å². The highest BCUT2D eigenvalue weighted by Gasteiger charge is 2.13. The first-order chi connectivity index (χ1) is 15.9. The number of hydrogen-bond donors (Lipinski definition) is 1. The van der Waals surface area contributed by atoms with Crippen LogP contribution in [0.25, 0.3) is 0 Å². The van der Waals surface area contributed by atoms with Crippen molar-refractivity contribution in [3.05, 3.63) is 70.8 Å². The number of methoxy groups -OCH3 is 1. The van der Waals surface area contributed by atoms with Gasteiger partial charge in [0, 0.05) is 38.0 Å². The van der Waals surface area contributed by atoms with Gasteiger partial charge in [-0.15, -0.1) is 0 Å². The molecule has 0 fully saturated rings. The van der Waals surface area contributed by atoms with Crippen LogP contribution in [0.1, 0.15) is 35.7 Å². The summed E-state index contributed by atoms with van der Waals surface area (Å²) in [6, 6.07) is 12.4. The molecule has 0 heterocycles. The molecule has 0 spiro atoms. The molecule has 1 N–H and O–H groups in total. The molecule has 0 aliphatic rings. The number of carbonyl (C=O) groups excluding carboxylic acids is 3. The number of carbonyl (C=O) groups is 3. The first-order valence-electron chi connectivity index (χ1n) is 10.6. The van der Waals surface area contributed by atoms with Gasteiger partial charge in [-0.2, -0.15) is 0 Å². The fourth-order valence-corrected chi connectivity index (χ4v) is 3.17. The summed E-state index contributed by atoms with van der Waals surface area (Å²) in [6.45, 7) is 2.97. The number of ether oxygens (including phenoxy) is 2. The maximum absolute atomic E-state index is 12.8. The molecule has 0 radical (unpaired) electrons. The van der Waals surface area contributed by atoms with Crippen LogP contribution in [0.15, 0.2) is 54.6 Å². The van der Waals surface area contributed by atoms with Crippen LogP contribution in [-0.2, 0) is 16.1 Å².